The summed E-state index contributed by atoms with van der Waals surface area (Å²) in [6.07, 6.45) is 0. The highest BCUT2D eigenvalue weighted by atomic mass is 15.0. The van der Waals surface area contributed by atoms with E-state index in [9.17, 15) is 0 Å². The number of nitrogens with zero attached hydrogens (tertiary/aromatic N) is 4. The Balaban J connectivity index is 1.04. The Bertz CT molecular complexity index is 2370. The van der Waals surface area contributed by atoms with E-state index in [4.69, 9.17) is 19.9 Å². The van der Waals surface area contributed by atoms with Crippen LogP contribution in [0.1, 0.15) is 0 Å². The number of hydrogen-bond acceptors (Lipinski definition) is 4. The van der Waals surface area contributed by atoms with Gasteiger partial charge in [-0.1, -0.05) is 182 Å². The van der Waals surface area contributed by atoms with Crippen molar-refractivity contribution in [3.63, 3.8) is 0 Å². The van der Waals surface area contributed by atoms with Gasteiger partial charge in [0.15, 0.2) is 17.5 Å². The second-order valence-corrected chi connectivity index (χ2v) is 13.1. The van der Waals surface area contributed by atoms with Gasteiger partial charge in [0.2, 0.25) is 0 Å². The molecule has 0 spiro atoms. The van der Waals surface area contributed by atoms with Gasteiger partial charge >= 0.3 is 0 Å². The molecule has 54 heavy (non-hydrogen) atoms. The third-order valence-electron chi connectivity index (χ3n) is 9.53. The normalized spacial score (nSPS) is 11.0. The zero-order chi connectivity index (χ0) is 36.1. The van der Waals surface area contributed by atoms with E-state index in [1.54, 1.807) is 0 Å². The number of hydrogen-bond donors (Lipinski definition) is 0. The molecule has 2 heterocycles. The van der Waals surface area contributed by atoms with Gasteiger partial charge in [0.1, 0.15) is 0 Å². The first kappa shape index (κ1) is 32.6. The maximum atomic E-state index is 5.15. The van der Waals surface area contributed by atoms with Gasteiger partial charge in [0, 0.05) is 27.8 Å². The lowest BCUT2D eigenvalue weighted by Crippen LogP contribution is -2.00. The summed E-state index contributed by atoms with van der Waals surface area (Å²) in [4.78, 5) is 19.9. The van der Waals surface area contributed by atoms with Crippen LogP contribution in [0.5, 0.6) is 0 Å². The summed E-state index contributed by atoms with van der Waals surface area (Å²) in [5, 5.41) is 0. The van der Waals surface area contributed by atoms with Crippen molar-refractivity contribution in [1.29, 1.82) is 0 Å². The van der Waals surface area contributed by atoms with Crippen LogP contribution in [0.2, 0.25) is 0 Å². The fraction of sp³-hybridized carbons (Fsp3) is 0. The molecule has 0 bridgehead atoms. The fourth-order valence-electron chi connectivity index (χ4n) is 6.72. The van der Waals surface area contributed by atoms with Gasteiger partial charge in [-0.25, -0.2) is 19.9 Å². The van der Waals surface area contributed by atoms with Crippen LogP contribution in [0, 0.1) is 0 Å². The molecule has 0 aliphatic rings. The molecule has 0 amide bonds. The second-order valence-electron chi connectivity index (χ2n) is 13.1. The predicted molar refractivity (Wildman–Crippen MR) is 221 cm³/mol. The molecule has 4 nitrogen and oxygen atoms in total. The summed E-state index contributed by atoms with van der Waals surface area (Å²) in [6, 6.07) is 71.2. The Morgan fingerprint density at radius 1 is 0.185 bits per heavy atom. The molecule has 7 aromatic carbocycles. The topological polar surface area (TPSA) is 51.6 Å². The molecule has 0 saturated carbocycles. The van der Waals surface area contributed by atoms with Crippen LogP contribution in [0.15, 0.2) is 206 Å². The van der Waals surface area contributed by atoms with Gasteiger partial charge in [-0.05, 0) is 57.6 Å². The van der Waals surface area contributed by atoms with Gasteiger partial charge in [-0.3, -0.25) is 0 Å². The highest BCUT2D eigenvalue weighted by Crippen LogP contribution is 2.34. The summed E-state index contributed by atoms with van der Waals surface area (Å²) in [7, 11) is 0. The Labute approximate surface area is 315 Å². The molecule has 4 heteroatoms. The molecular weight excluding hydrogens is 657 g/mol. The molecule has 9 aromatic rings. The largest absolute Gasteiger partial charge is 0.248 e. The SMILES string of the molecule is c1ccc(-c2cc(-c3ccccc3)nc(-c3cccc(-c4ccc(-c5cccc(-c6nc(-c7ccccc7)nc(-c7ccccc7)n6)c5)cc4)c3)c2)cc1. The average molecular weight is 691 g/mol. The van der Waals surface area contributed by atoms with Crippen molar-refractivity contribution in [1.82, 2.24) is 19.9 Å². The highest BCUT2D eigenvalue weighted by Gasteiger charge is 2.14. The van der Waals surface area contributed by atoms with E-state index < -0.39 is 0 Å². The van der Waals surface area contributed by atoms with Crippen molar-refractivity contribution in [2.45, 2.75) is 0 Å². The van der Waals surface area contributed by atoms with Gasteiger partial charge in [-0.15, -0.1) is 0 Å². The number of rotatable bonds is 8. The molecule has 0 aliphatic heterocycles. The third-order valence-corrected chi connectivity index (χ3v) is 9.53. The van der Waals surface area contributed by atoms with E-state index in [-0.39, 0.29) is 0 Å². The minimum atomic E-state index is 0.637. The molecule has 0 radical (unpaired) electrons. The highest BCUT2D eigenvalue weighted by molar-refractivity contribution is 5.80. The second kappa shape index (κ2) is 14.7. The summed E-state index contributed by atoms with van der Waals surface area (Å²) < 4.78 is 0. The van der Waals surface area contributed by atoms with E-state index in [1.165, 1.54) is 0 Å². The van der Waals surface area contributed by atoms with Crippen LogP contribution < -0.4 is 0 Å². The number of aromatic nitrogens is 4. The smallest absolute Gasteiger partial charge is 0.164 e. The lowest BCUT2D eigenvalue weighted by molar-refractivity contribution is 1.07. The van der Waals surface area contributed by atoms with Crippen molar-refractivity contribution in [3.8, 4) is 90.1 Å². The Kier molecular flexibility index (Phi) is 8.90. The van der Waals surface area contributed by atoms with Gasteiger partial charge in [-0.2, -0.15) is 0 Å². The standard InChI is InChI=1S/C50H34N4/c1-5-15-35(16-6-1)45-33-46(38-17-7-2-8-18-38)51-47(34-45)43-25-13-23-41(31-43)36-27-29-37(30-28-36)42-24-14-26-44(32-42)50-53-48(39-19-9-3-10-20-39)52-49(54-50)40-21-11-4-12-22-40/h1-34H. The quantitative estimate of drug-likeness (QED) is 0.159. The summed E-state index contributed by atoms with van der Waals surface area (Å²) in [5.74, 6) is 1.93. The van der Waals surface area contributed by atoms with Gasteiger partial charge in [0.05, 0.1) is 11.4 Å². The zero-order valence-corrected chi connectivity index (χ0v) is 29.4. The molecule has 9 rings (SSSR count). The van der Waals surface area contributed by atoms with Crippen LogP contribution >= 0.6 is 0 Å². The molecule has 0 saturated heterocycles. The fourth-order valence-corrected chi connectivity index (χ4v) is 6.72. The monoisotopic (exact) mass is 690 g/mol. The van der Waals surface area contributed by atoms with Crippen LogP contribution in [-0.4, -0.2) is 19.9 Å². The van der Waals surface area contributed by atoms with E-state index in [1.807, 2.05) is 72.8 Å². The van der Waals surface area contributed by atoms with Crippen molar-refractivity contribution >= 4 is 0 Å². The van der Waals surface area contributed by atoms with Crippen LogP contribution in [0.4, 0.5) is 0 Å². The molecule has 0 unspecified atom stereocenters. The summed E-state index contributed by atoms with van der Waals surface area (Å²) in [6.45, 7) is 0. The first-order valence-electron chi connectivity index (χ1n) is 18.1. The molecular formula is C50H34N4. The minimum absolute atomic E-state index is 0.637. The number of benzene rings is 7. The average Bonchev–Trinajstić information content (AvgIpc) is 3.27. The lowest BCUT2D eigenvalue weighted by atomic mass is 9.96. The first-order chi connectivity index (χ1) is 26.7. The molecule has 2 aromatic heterocycles. The van der Waals surface area contributed by atoms with Crippen molar-refractivity contribution in [2.24, 2.45) is 0 Å². The van der Waals surface area contributed by atoms with Crippen LogP contribution in [0.25, 0.3) is 90.1 Å². The third kappa shape index (κ3) is 6.97. The van der Waals surface area contributed by atoms with Crippen LogP contribution in [-0.2, 0) is 0 Å². The maximum Gasteiger partial charge on any atom is 0.164 e. The lowest BCUT2D eigenvalue weighted by Gasteiger charge is -2.12. The Hall–Kier alpha value is -7.30. The minimum Gasteiger partial charge on any atom is -0.248 e. The van der Waals surface area contributed by atoms with E-state index in [2.05, 4.69) is 133 Å². The van der Waals surface area contributed by atoms with E-state index >= 15 is 0 Å². The van der Waals surface area contributed by atoms with Crippen molar-refractivity contribution in [3.05, 3.63) is 206 Å². The van der Waals surface area contributed by atoms with Gasteiger partial charge in [0.25, 0.3) is 0 Å². The van der Waals surface area contributed by atoms with E-state index in [0.717, 1.165) is 72.6 Å². The first-order valence-corrected chi connectivity index (χ1v) is 18.1. The molecule has 0 fully saturated rings. The van der Waals surface area contributed by atoms with Gasteiger partial charge < -0.3 is 0 Å². The van der Waals surface area contributed by atoms with Crippen LogP contribution in [0.3, 0.4) is 0 Å². The molecule has 0 N–H and O–H groups in total. The molecule has 0 aliphatic carbocycles. The Morgan fingerprint density at radius 3 is 1.02 bits per heavy atom. The maximum absolute atomic E-state index is 5.15. The van der Waals surface area contributed by atoms with Crippen molar-refractivity contribution < 1.29 is 0 Å². The molecule has 0 atom stereocenters. The molecule has 254 valence electrons. The summed E-state index contributed by atoms with van der Waals surface area (Å²) in [5.41, 5.74) is 13.7. The Morgan fingerprint density at radius 2 is 0.519 bits per heavy atom. The predicted octanol–water partition coefficient (Wildman–Crippen LogP) is 12.6. The van der Waals surface area contributed by atoms with Crippen molar-refractivity contribution in [2.75, 3.05) is 0 Å². The van der Waals surface area contributed by atoms with E-state index in [0.29, 0.717) is 17.5 Å². The number of pyridine rings is 1. The summed E-state index contributed by atoms with van der Waals surface area (Å²) >= 11 is 0. The zero-order valence-electron chi connectivity index (χ0n) is 29.4.